The van der Waals surface area contributed by atoms with Gasteiger partial charge in [0.25, 0.3) is 0 Å². The molecule has 0 saturated carbocycles. The van der Waals surface area contributed by atoms with E-state index in [2.05, 4.69) is 142 Å². The van der Waals surface area contributed by atoms with Crippen LogP contribution in [0.1, 0.15) is 44.9 Å². The Morgan fingerprint density at radius 3 is 1.68 bits per heavy atom. The first-order valence-corrected chi connectivity index (χ1v) is 15.4. The lowest BCUT2D eigenvalue weighted by Gasteiger charge is -2.24. The molecular weight excluding hydrogens is 535 g/mol. The van der Waals surface area contributed by atoms with Gasteiger partial charge in [0.2, 0.25) is 6.71 Å². The molecule has 0 saturated heterocycles. The van der Waals surface area contributed by atoms with E-state index in [1.807, 2.05) is 19.3 Å². The van der Waals surface area contributed by atoms with Crippen molar-refractivity contribution in [2.24, 2.45) is 7.05 Å². The van der Waals surface area contributed by atoms with Crippen LogP contribution in [0.3, 0.4) is 0 Å². The molecule has 0 amide bonds. The van der Waals surface area contributed by atoms with Gasteiger partial charge in [-0.25, -0.2) is 9.97 Å². The maximum Gasteiger partial charge on any atom is 0.242 e. The Bertz CT molecular complexity index is 1910. The van der Waals surface area contributed by atoms with Crippen LogP contribution in [0.4, 0.5) is 0 Å². The maximum absolute atomic E-state index is 4.76. The number of nitrogens with zero attached hydrogens (tertiary/aromatic N) is 4. The average molecular weight is 577 g/mol. The second kappa shape index (κ2) is 11.5. The Balaban J connectivity index is 1.42. The highest BCUT2D eigenvalue weighted by atomic mass is 15.2. The first kappa shape index (κ1) is 29.4. The van der Waals surface area contributed by atoms with Gasteiger partial charge < -0.3 is 4.57 Å². The fourth-order valence-corrected chi connectivity index (χ4v) is 7.26. The van der Waals surface area contributed by atoms with Crippen molar-refractivity contribution in [2.75, 3.05) is 0 Å². The summed E-state index contributed by atoms with van der Waals surface area (Å²) < 4.78 is 4.26. The standard InChI is InChI=1S/C39H41BN4/c1-24-19-26(3)36(27(4)20-24)40(37-28(5)21-25(2)22-29(37)6)35-15-13-32(14-16-35)33-11-10-12-34(23-33)38-41-17-18-44(38)39-30(7)42-31(8)43(39)9/h10-23H,1-9H3. The molecule has 0 aliphatic rings. The predicted molar refractivity (Wildman–Crippen MR) is 187 cm³/mol. The zero-order valence-corrected chi connectivity index (χ0v) is 27.4. The van der Waals surface area contributed by atoms with Crippen molar-refractivity contribution in [3.63, 3.8) is 0 Å². The van der Waals surface area contributed by atoms with Gasteiger partial charge in [0, 0.05) is 25.0 Å². The number of hydrogen-bond donors (Lipinski definition) is 0. The maximum atomic E-state index is 4.76. The molecule has 4 nitrogen and oxygen atoms in total. The van der Waals surface area contributed by atoms with Gasteiger partial charge in [-0.2, -0.15) is 0 Å². The Kier molecular flexibility index (Phi) is 7.67. The molecule has 0 aliphatic carbocycles. The zero-order valence-electron chi connectivity index (χ0n) is 27.4. The van der Waals surface area contributed by atoms with Gasteiger partial charge in [0.1, 0.15) is 17.5 Å². The molecule has 6 rings (SSSR count). The summed E-state index contributed by atoms with van der Waals surface area (Å²) in [5.41, 5.74) is 16.6. The molecule has 0 radical (unpaired) electrons. The minimum atomic E-state index is 0.162. The number of aromatic nitrogens is 4. The van der Waals surface area contributed by atoms with E-state index in [1.54, 1.807) is 0 Å². The second-order valence-electron chi connectivity index (χ2n) is 12.5. The minimum Gasteiger partial charge on any atom is -0.317 e. The van der Waals surface area contributed by atoms with Gasteiger partial charge in [0.05, 0.1) is 5.69 Å². The van der Waals surface area contributed by atoms with Gasteiger partial charge in [-0.1, -0.05) is 116 Å². The number of imidazole rings is 2. The second-order valence-corrected chi connectivity index (χ2v) is 12.5. The summed E-state index contributed by atoms with van der Waals surface area (Å²) in [7, 11) is 2.05. The summed E-state index contributed by atoms with van der Waals surface area (Å²) in [4.78, 5) is 9.44. The number of hydrogen-bond acceptors (Lipinski definition) is 2. The van der Waals surface area contributed by atoms with E-state index in [4.69, 9.17) is 4.98 Å². The third kappa shape index (κ3) is 5.21. The quantitative estimate of drug-likeness (QED) is 0.202. The Morgan fingerprint density at radius 1 is 0.614 bits per heavy atom. The van der Waals surface area contributed by atoms with E-state index in [1.165, 1.54) is 60.9 Å². The van der Waals surface area contributed by atoms with Crippen LogP contribution < -0.4 is 16.4 Å². The molecule has 220 valence electrons. The largest absolute Gasteiger partial charge is 0.317 e. The Morgan fingerprint density at radius 2 is 1.16 bits per heavy atom. The van der Waals surface area contributed by atoms with Crippen LogP contribution in [-0.4, -0.2) is 25.8 Å². The molecule has 0 unspecified atom stereocenters. The summed E-state index contributed by atoms with van der Waals surface area (Å²) in [5.74, 6) is 2.93. The lowest BCUT2D eigenvalue weighted by Crippen LogP contribution is -2.55. The van der Waals surface area contributed by atoms with Gasteiger partial charge in [-0.3, -0.25) is 4.57 Å². The fourth-order valence-electron chi connectivity index (χ4n) is 7.26. The molecule has 6 aromatic rings. The van der Waals surface area contributed by atoms with Crippen LogP contribution in [0.2, 0.25) is 0 Å². The van der Waals surface area contributed by atoms with Crippen LogP contribution in [0.25, 0.3) is 28.3 Å². The lowest BCUT2D eigenvalue weighted by atomic mass is 9.34. The molecule has 44 heavy (non-hydrogen) atoms. The summed E-state index contributed by atoms with van der Waals surface area (Å²) in [5, 5.41) is 0. The lowest BCUT2D eigenvalue weighted by molar-refractivity contribution is 0.807. The molecule has 4 aromatic carbocycles. The number of aryl methyl sites for hydroxylation is 8. The predicted octanol–water partition coefficient (Wildman–Crippen LogP) is 6.92. The molecule has 2 heterocycles. The van der Waals surface area contributed by atoms with Gasteiger partial charge in [0.15, 0.2) is 0 Å². The molecule has 0 atom stereocenters. The SMILES string of the molecule is Cc1cc(C)c(B(c2ccc(-c3cccc(-c4nccn4-c4c(C)nc(C)n4C)c3)cc2)c2c(C)cc(C)cc2C)c(C)c1. The van der Waals surface area contributed by atoms with Crippen LogP contribution in [0.15, 0.2) is 85.2 Å². The minimum absolute atomic E-state index is 0.162. The van der Waals surface area contributed by atoms with Gasteiger partial charge in [-0.15, -0.1) is 0 Å². The normalized spacial score (nSPS) is 11.3. The van der Waals surface area contributed by atoms with Crippen molar-refractivity contribution < 1.29 is 0 Å². The number of benzene rings is 4. The molecule has 0 N–H and O–H groups in total. The van der Waals surface area contributed by atoms with E-state index in [9.17, 15) is 0 Å². The molecule has 2 aromatic heterocycles. The molecular formula is C39H41BN4. The summed E-state index contributed by atoms with van der Waals surface area (Å²) >= 11 is 0. The average Bonchev–Trinajstić information content (AvgIpc) is 3.54. The van der Waals surface area contributed by atoms with Crippen molar-refractivity contribution >= 4 is 23.1 Å². The summed E-state index contributed by atoms with van der Waals surface area (Å²) in [6, 6.07) is 27.2. The van der Waals surface area contributed by atoms with Crippen molar-refractivity contribution in [2.45, 2.75) is 55.4 Å². The molecule has 0 fully saturated rings. The first-order valence-electron chi connectivity index (χ1n) is 15.4. The monoisotopic (exact) mass is 576 g/mol. The topological polar surface area (TPSA) is 35.6 Å². The Labute approximate surface area is 262 Å². The zero-order chi connectivity index (χ0) is 31.3. The van der Waals surface area contributed by atoms with Crippen molar-refractivity contribution in [1.82, 2.24) is 19.1 Å². The van der Waals surface area contributed by atoms with E-state index in [0.29, 0.717) is 0 Å². The molecule has 5 heteroatoms. The highest BCUT2D eigenvalue weighted by Crippen LogP contribution is 2.28. The Hall–Kier alpha value is -4.64. The highest BCUT2D eigenvalue weighted by molar-refractivity contribution is 6.96. The van der Waals surface area contributed by atoms with Crippen molar-refractivity contribution in [3.05, 3.63) is 130 Å². The first-order chi connectivity index (χ1) is 21.0. The van der Waals surface area contributed by atoms with Crippen LogP contribution in [0.5, 0.6) is 0 Å². The van der Waals surface area contributed by atoms with Crippen LogP contribution >= 0.6 is 0 Å². The smallest absolute Gasteiger partial charge is 0.242 e. The number of rotatable bonds is 6. The van der Waals surface area contributed by atoms with Crippen molar-refractivity contribution in [3.8, 4) is 28.3 Å². The molecule has 0 bridgehead atoms. The van der Waals surface area contributed by atoms with E-state index in [0.717, 1.165) is 28.7 Å². The fraction of sp³-hybridized carbons (Fsp3) is 0.231. The van der Waals surface area contributed by atoms with E-state index >= 15 is 0 Å². The molecule has 0 spiro atoms. The van der Waals surface area contributed by atoms with E-state index in [-0.39, 0.29) is 6.71 Å². The summed E-state index contributed by atoms with van der Waals surface area (Å²) in [6.45, 7) is 17.7. The van der Waals surface area contributed by atoms with Crippen LogP contribution in [0, 0.1) is 55.4 Å². The third-order valence-corrected chi connectivity index (χ3v) is 9.08. The third-order valence-electron chi connectivity index (χ3n) is 9.08. The molecule has 0 aliphatic heterocycles. The van der Waals surface area contributed by atoms with Gasteiger partial charge >= 0.3 is 0 Å². The highest BCUT2D eigenvalue weighted by Gasteiger charge is 2.28. The summed E-state index contributed by atoms with van der Waals surface area (Å²) in [6.07, 6.45) is 3.88. The van der Waals surface area contributed by atoms with E-state index < -0.39 is 0 Å². The van der Waals surface area contributed by atoms with Crippen molar-refractivity contribution in [1.29, 1.82) is 0 Å². The van der Waals surface area contributed by atoms with Gasteiger partial charge in [-0.05, 0) is 72.6 Å². The van der Waals surface area contributed by atoms with Crippen LogP contribution in [-0.2, 0) is 7.05 Å².